The fraction of sp³-hybridized carbons (Fsp3) is 0.929. The summed E-state index contributed by atoms with van der Waals surface area (Å²) < 4.78 is 5.65. The molecule has 92 valence electrons. The minimum atomic E-state index is 0.313. The standard InChI is InChI=1S/C14H24O2/c1-2-4-11-6-7-14(15)12(9-11)10-13-5-3-8-16-13/h11-13H,2-10H2,1H3. The van der Waals surface area contributed by atoms with Crippen LogP contribution in [0.1, 0.15) is 58.3 Å². The normalized spacial score (nSPS) is 35.6. The van der Waals surface area contributed by atoms with Crippen molar-refractivity contribution in [1.82, 2.24) is 0 Å². The van der Waals surface area contributed by atoms with Gasteiger partial charge in [0, 0.05) is 18.9 Å². The molecule has 1 saturated heterocycles. The van der Waals surface area contributed by atoms with Crippen LogP contribution in [0.5, 0.6) is 0 Å². The Morgan fingerprint density at radius 3 is 2.94 bits per heavy atom. The van der Waals surface area contributed by atoms with Crippen molar-refractivity contribution in [2.24, 2.45) is 11.8 Å². The first-order chi connectivity index (χ1) is 7.79. The molecule has 2 heteroatoms. The molecule has 1 saturated carbocycles. The van der Waals surface area contributed by atoms with Crippen LogP contribution in [-0.2, 0) is 9.53 Å². The van der Waals surface area contributed by atoms with E-state index in [9.17, 15) is 4.79 Å². The minimum absolute atomic E-state index is 0.313. The summed E-state index contributed by atoms with van der Waals surface area (Å²) in [6, 6.07) is 0. The Kier molecular flexibility index (Phi) is 4.39. The van der Waals surface area contributed by atoms with Crippen LogP contribution in [0.2, 0.25) is 0 Å². The van der Waals surface area contributed by atoms with E-state index in [-0.39, 0.29) is 0 Å². The molecule has 0 bridgehead atoms. The lowest BCUT2D eigenvalue weighted by Crippen LogP contribution is -2.28. The first-order valence-electron chi connectivity index (χ1n) is 6.94. The molecule has 0 aromatic carbocycles. The van der Waals surface area contributed by atoms with Crippen molar-refractivity contribution in [1.29, 1.82) is 0 Å². The van der Waals surface area contributed by atoms with E-state index in [1.807, 2.05) is 0 Å². The van der Waals surface area contributed by atoms with Gasteiger partial charge in [0.2, 0.25) is 0 Å². The van der Waals surface area contributed by atoms with Gasteiger partial charge in [-0.15, -0.1) is 0 Å². The SMILES string of the molecule is CCCC1CCC(=O)C(CC2CCCO2)C1. The molecule has 2 rings (SSSR count). The smallest absolute Gasteiger partial charge is 0.136 e. The second kappa shape index (κ2) is 5.81. The zero-order valence-electron chi connectivity index (χ0n) is 10.4. The predicted molar refractivity (Wildman–Crippen MR) is 64.3 cm³/mol. The molecule has 2 nitrogen and oxygen atoms in total. The third-order valence-electron chi connectivity index (χ3n) is 4.14. The number of ketones is 1. The Labute approximate surface area is 98.7 Å². The quantitative estimate of drug-likeness (QED) is 0.732. The summed E-state index contributed by atoms with van der Waals surface area (Å²) in [5.74, 6) is 1.62. The number of carbonyl (C=O) groups excluding carboxylic acids is 1. The molecule has 0 radical (unpaired) electrons. The van der Waals surface area contributed by atoms with Crippen LogP contribution in [0.15, 0.2) is 0 Å². The number of rotatable bonds is 4. The number of hydrogen-bond acceptors (Lipinski definition) is 2. The number of carbonyl (C=O) groups is 1. The molecule has 0 spiro atoms. The maximum atomic E-state index is 11.9. The van der Waals surface area contributed by atoms with Crippen LogP contribution in [-0.4, -0.2) is 18.5 Å². The van der Waals surface area contributed by atoms with Gasteiger partial charge in [-0.05, 0) is 38.0 Å². The average molecular weight is 224 g/mol. The summed E-state index contributed by atoms with van der Waals surface area (Å²) in [7, 11) is 0. The molecule has 3 atom stereocenters. The van der Waals surface area contributed by atoms with Crippen molar-refractivity contribution in [3.63, 3.8) is 0 Å². The molecule has 1 aliphatic heterocycles. The molecule has 0 amide bonds. The van der Waals surface area contributed by atoms with Gasteiger partial charge in [0.05, 0.1) is 6.10 Å². The number of Topliss-reactive ketones (excluding diaryl/α,β-unsaturated/α-hetero) is 1. The Hall–Kier alpha value is -0.370. The highest BCUT2D eigenvalue weighted by atomic mass is 16.5. The Bertz CT molecular complexity index is 231. The van der Waals surface area contributed by atoms with E-state index in [2.05, 4.69) is 6.92 Å². The van der Waals surface area contributed by atoms with Crippen molar-refractivity contribution in [2.75, 3.05) is 6.61 Å². The van der Waals surface area contributed by atoms with E-state index < -0.39 is 0 Å². The van der Waals surface area contributed by atoms with Crippen molar-refractivity contribution in [3.8, 4) is 0 Å². The summed E-state index contributed by atoms with van der Waals surface area (Å²) in [6.07, 6.45) is 9.38. The number of hydrogen-bond donors (Lipinski definition) is 0. The Balaban J connectivity index is 1.82. The van der Waals surface area contributed by atoms with E-state index in [4.69, 9.17) is 4.74 Å². The van der Waals surface area contributed by atoms with Crippen LogP contribution >= 0.6 is 0 Å². The monoisotopic (exact) mass is 224 g/mol. The molecule has 0 N–H and O–H groups in total. The molecule has 1 heterocycles. The molecule has 2 fully saturated rings. The molecule has 1 aliphatic carbocycles. The summed E-state index contributed by atoms with van der Waals surface area (Å²) in [6.45, 7) is 3.15. The maximum Gasteiger partial charge on any atom is 0.136 e. The van der Waals surface area contributed by atoms with Crippen LogP contribution < -0.4 is 0 Å². The van der Waals surface area contributed by atoms with Crippen LogP contribution in [0.25, 0.3) is 0 Å². The van der Waals surface area contributed by atoms with Gasteiger partial charge in [-0.1, -0.05) is 19.8 Å². The molecule has 16 heavy (non-hydrogen) atoms. The molecule has 0 aromatic heterocycles. The highest BCUT2D eigenvalue weighted by Crippen LogP contribution is 2.34. The van der Waals surface area contributed by atoms with Crippen molar-refractivity contribution >= 4 is 5.78 Å². The molecular weight excluding hydrogens is 200 g/mol. The predicted octanol–water partition coefficient (Wildman–Crippen LogP) is 3.34. The van der Waals surface area contributed by atoms with Gasteiger partial charge in [0.25, 0.3) is 0 Å². The van der Waals surface area contributed by atoms with E-state index in [1.54, 1.807) is 0 Å². The first-order valence-corrected chi connectivity index (χ1v) is 6.94. The lowest BCUT2D eigenvalue weighted by Gasteiger charge is -2.29. The largest absolute Gasteiger partial charge is 0.378 e. The fourth-order valence-electron chi connectivity index (χ4n) is 3.25. The van der Waals surface area contributed by atoms with Crippen molar-refractivity contribution < 1.29 is 9.53 Å². The zero-order valence-corrected chi connectivity index (χ0v) is 10.4. The lowest BCUT2D eigenvalue weighted by atomic mass is 9.76. The topological polar surface area (TPSA) is 26.3 Å². The third kappa shape index (κ3) is 3.07. The van der Waals surface area contributed by atoms with E-state index in [0.29, 0.717) is 17.8 Å². The fourth-order valence-corrected chi connectivity index (χ4v) is 3.25. The van der Waals surface area contributed by atoms with Gasteiger partial charge in [0.15, 0.2) is 0 Å². The zero-order chi connectivity index (χ0) is 11.4. The van der Waals surface area contributed by atoms with Gasteiger partial charge in [-0.2, -0.15) is 0 Å². The molecular formula is C14H24O2. The number of ether oxygens (including phenoxy) is 1. The Morgan fingerprint density at radius 1 is 1.38 bits per heavy atom. The second-order valence-electron chi connectivity index (χ2n) is 5.46. The van der Waals surface area contributed by atoms with Gasteiger partial charge in [-0.25, -0.2) is 0 Å². The van der Waals surface area contributed by atoms with Crippen LogP contribution in [0.4, 0.5) is 0 Å². The van der Waals surface area contributed by atoms with Crippen molar-refractivity contribution in [2.45, 2.75) is 64.4 Å². The van der Waals surface area contributed by atoms with E-state index in [0.717, 1.165) is 38.2 Å². The van der Waals surface area contributed by atoms with Crippen LogP contribution in [0.3, 0.4) is 0 Å². The average Bonchev–Trinajstić information content (AvgIpc) is 2.76. The van der Waals surface area contributed by atoms with Gasteiger partial charge in [-0.3, -0.25) is 4.79 Å². The van der Waals surface area contributed by atoms with Gasteiger partial charge >= 0.3 is 0 Å². The van der Waals surface area contributed by atoms with Crippen molar-refractivity contribution in [3.05, 3.63) is 0 Å². The third-order valence-corrected chi connectivity index (χ3v) is 4.14. The summed E-state index contributed by atoms with van der Waals surface area (Å²) in [5, 5.41) is 0. The maximum absolute atomic E-state index is 11.9. The highest BCUT2D eigenvalue weighted by Gasteiger charge is 2.31. The molecule has 0 aromatic rings. The Morgan fingerprint density at radius 2 is 2.25 bits per heavy atom. The van der Waals surface area contributed by atoms with E-state index >= 15 is 0 Å². The highest BCUT2D eigenvalue weighted by molar-refractivity contribution is 5.81. The summed E-state index contributed by atoms with van der Waals surface area (Å²) in [5.41, 5.74) is 0. The molecule has 3 unspecified atom stereocenters. The summed E-state index contributed by atoms with van der Waals surface area (Å²) in [4.78, 5) is 11.9. The summed E-state index contributed by atoms with van der Waals surface area (Å²) >= 11 is 0. The van der Waals surface area contributed by atoms with Gasteiger partial charge in [0.1, 0.15) is 5.78 Å². The second-order valence-corrected chi connectivity index (χ2v) is 5.46. The minimum Gasteiger partial charge on any atom is -0.378 e. The van der Waals surface area contributed by atoms with Gasteiger partial charge < -0.3 is 4.74 Å². The van der Waals surface area contributed by atoms with Crippen LogP contribution in [0, 0.1) is 11.8 Å². The molecule has 2 aliphatic rings. The first kappa shape index (κ1) is 12.1. The lowest BCUT2D eigenvalue weighted by molar-refractivity contribution is -0.127. The van der Waals surface area contributed by atoms with E-state index in [1.165, 1.54) is 25.7 Å².